The van der Waals surface area contributed by atoms with E-state index >= 15 is 0 Å². The minimum absolute atomic E-state index is 0.709. The summed E-state index contributed by atoms with van der Waals surface area (Å²) in [6.07, 6.45) is 7.13. The molecule has 2 heteroatoms. The van der Waals surface area contributed by atoms with Gasteiger partial charge < -0.3 is 5.32 Å². The number of hydrogen-bond acceptors (Lipinski definition) is 2. The highest BCUT2D eigenvalue weighted by molar-refractivity contribution is 4.87. The van der Waals surface area contributed by atoms with E-state index in [0.29, 0.717) is 6.04 Å². The summed E-state index contributed by atoms with van der Waals surface area (Å²) in [4.78, 5) is 2.75. The zero-order chi connectivity index (χ0) is 11.5. The Hall–Kier alpha value is -0.0800. The van der Waals surface area contributed by atoms with Crippen molar-refractivity contribution in [3.63, 3.8) is 0 Å². The molecule has 0 aromatic heterocycles. The van der Waals surface area contributed by atoms with Crippen molar-refractivity contribution in [2.75, 3.05) is 13.1 Å². The molecule has 0 amide bonds. The minimum Gasteiger partial charge on any atom is -0.312 e. The van der Waals surface area contributed by atoms with Crippen LogP contribution >= 0.6 is 0 Å². The van der Waals surface area contributed by atoms with Gasteiger partial charge in [0.15, 0.2) is 0 Å². The highest BCUT2D eigenvalue weighted by Gasteiger charge is 2.29. The highest BCUT2D eigenvalue weighted by atomic mass is 15.2. The summed E-state index contributed by atoms with van der Waals surface area (Å²) in [5.74, 6) is 0.877. The van der Waals surface area contributed by atoms with Gasteiger partial charge in [-0.2, -0.15) is 0 Å². The lowest BCUT2D eigenvalue weighted by molar-refractivity contribution is 0.141. The molecular formula is C14H28N2. The highest BCUT2D eigenvalue weighted by Crippen LogP contribution is 2.26. The maximum absolute atomic E-state index is 3.67. The van der Waals surface area contributed by atoms with E-state index in [2.05, 4.69) is 31.0 Å². The van der Waals surface area contributed by atoms with Crippen LogP contribution in [0.2, 0.25) is 0 Å². The summed E-state index contributed by atoms with van der Waals surface area (Å²) in [7, 11) is 0. The molecular weight excluding hydrogens is 196 g/mol. The molecule has 2 rings (SSSR count). The number of rotatable bonds is 4. The average Bonchev–Trinajstić information content (AvgIpc) is 2.84. The van der Waals surface area contributed by atoms with Crippen molar-refractivity contribution >= 4 is 0 Å². The third-order valence-electron chi connectivity index (χ3n) is 4.33. The van der Waals surface area contributed by atoms with Crippen molar-refractivity contribution < 1.29 is 0 Å². The molecule has 0 radical (unpaired) electrons. The van der Waals surface area contributed by atoms with Crippen LogP contribution in [0.25, 0.3) is 0 Å². The number of hydrogen-bond donors (Lipinski definition) is 1. The Kier molecular flexibility index (Phi) is 4.26. The van der Waals surface area contributed by atoms with Gasteiger partial charge >= 0.3 is 0 Å². The molecule has 1 saturated heterocycles. The van der Waals surface area contributed by atoms with E-state index in [1.165, 1.54) is 45.2 Å². The second-order valence-corrected chi connectivity index (χ2v) is 6.17. The zero-order valence-corrected chi connectivity index (χ0v) is 11.2. The van der Waals surface area contributed by atoms with Crippen LogP contribution in [0.5, 0.6) is 0 Å². The van der Waals surface area contributed by atoms with Crippen molar-refractivity contribution in [2.24, 2.45) is 5.92 Å². The van der Waals surface area contributed by atoms with Gasteiger partial charge in [-0.05, 0) is 45.6 Å². The van der Waals surface area contributed by atoms with Gasteiger partial charge in [-0.15, -0.1) is 0 Å². The lowest BCUT2D eigenvalue weighted by Gasteiger charge is -2.34. The van der Waals surface area contributed by atoms with E-state index < -0.39 is 0 Å². The monoisotopic (exact) mass is 224 g/mol. The van der Waals surface area contributed by atoms with E-state index in [4.69, 9.17) is 0 Å². The summed E-state index contributed by atoms with van der Waals surface area (Å²) in [5.41, 5.74) is 0. The summed E-state index contributed by atoms with van der Waals surface area (Å²) < 4.78 is 0. The van der Waals surface area contributed by atoms with Gasteiger partial charge in [0.1, 0.15) is 0 Å². The van der Waals surface area contributed by atoms with Crippen molar-refractivity contribution in [3.05, 3.63) is 0 Å². The lowest BCUT2D eigenvalue weighted by Crippen LogP contribution is -2.46. The molecule has 2 aliphatic rings. The van der Waals surface area contributed by atoms with Crippen LogP contribution in [0.3, 0.4) is 0 Å². The van der Waals surface area contributed by atoms with Crippen LogP contribution in [-0.4, -0.2) is 36.1 Å². The van der Waals surface area contributed by atoms with Gasteiger partial charge in [0.25, 0.3) is 0 Å². The van der Waals surface area contributed by atoms with Crippen molar-refractivity contribution in [1.82, 2.24) is 10.2 Å². The maximum Gasteiger partial charge on any atom is 0.0198 e. The summed E-state index contributed by atoms with van der Waals surface area (Å²) in [6, 6.07) is 2.33. The Morgan fingerprint density at radius 1 is 1.25 bits per heavy atom. The van der Waals surface area contributed by atoms with Crippen molar-refractivity contribution in [2.45, 2.75) is 71.0 Å². The number of nitrogens with zero attached hydrogens (tertiary/aromatic N) is 1. The predicted molar refractivity (Wildman–Crippen MR) is 69.7 cm³/mol. The van der Waals surface area contributed by atoms with Gasteiger partial charge in [0.2, 0.25) is 0 Å². The molecule has 2 unspecified atom stereocenters. The van der Waals surface area contributed by atoms with Gasteiger partial charge in [-0.25, -0.2) is 0 Å². The third-order valence-corrected chi connectivity index (χ3v) is 4.33. The number of nitrogens with one attached hydrogen (secondary N) is 1. The van der Waals surface area contributed by atoms with E-state index in [1.807, 2.05) is 0 Å². The summed E-state index contributed by atoms with van der Waals surface area (Å²) in [5, 5.41) is 3.67. The summed E-state index contributed by atoms with van der Waals surface area (Å²) in [6.45, 7) is 9.57. The molecule has 0 bridgehead atoms. The predicted octanol–water partition coefficient (Wildman–Crippen LogP) is 2.64. The first-order valence-electron chi connectivity index (χ1n) is 7.16. The van der Waals surface area contributed by atoms with Gasteiger partial charge in [0, 0.05) is 24.7 Å². The van der Waals surface area contributed by atoms with Crippen LogP contribution in [0.1, 0.15) is 52.9 Å². The topological polar surface area (TPSA) is 15.3 Å². The van der Waals surface area contributed by atoms with Crippen LogP contribution in [0.4, 0.5) is 0 Å². The molecule has 2 nitrogen and oxygen atoms in total. The van der Waals surface area contributed by atoms with E-state index in [0.717, 1.165) is 18.0 Å². The van der Waals surface area contributed by atoms with Crippen LogP contribution in [-0.2, 0) is 0 Å². The van der Waals surface area contributed by atoms with Gasteiger partial charge in [-0.1, -0.05) is 19.8 Å². The van der Waals surface area contributed by atoms with Crippen LogP contribution in [0.15, 0.2) is 0 Å². The molecule has 1 aliphatic carbocycles. The Bertz CT molecular complexity index is 209. The standard InChI is InChI=1S/C14H28N2/c1-11(2)16(14-6-4-5-7-14)10-13-8-12(3)9-15-13/h11-15H,4-10H2,1-3H3. The van der Waals surface area contributed by atoms with E-state index in [1.54, 1.807) is 0 Å². The van der Waals surface area contributed by atoms with Gasteiger partial charge in [0.05, 0.1) is 0 Å². The molecule has 0 aromatic rings. The molecule has 94 valence electrons. The van der Waals surface area contributed by atoms with Crippen LogP contribution < -0.4 is 5.32 Å². The van der Waals surface area contributed by atoms with E-state index in [-0.39, 0.29) is 0 Å². The lowest BCUT2D eigenvalue weighted by atomic mass is 10.1. The normalized spacial score (nSPS) is 32.1. The van der Waals surface area contributed by atoms with Crippen LogP contribution in [0, 0.1) is 5.92 Å². The first-order chi connectivity index (χ1) is 7.66. The molecule has 1 heterocycles. The Morgan fingerprint density at radius 2 is 1.94 bits per heavy atom. The maximum atomic E-state index is 3.67. The fraction of sp³-hybridized carbons (Fsp3) is 1.00. The zero-order valence-electron chi connectivity index (χ0n) is 11.2. The van der Waals surface area contributed by atoms with E-state index in [9.17, 15) is 0 Å². The molecule has 2 fully saturated rings. The molecule has 16 heavy (non-hydrogen) atoms. The Labute approximate surface area is 101 Å². The molecule has 0 spiro atoms. The SMILES string of the molecule is CC1CNC(CN(C(C)C)C2CCCC2)C1. The molecule has 0 aromatic carbocycles. The summed E-state index contributed by atoms with van der Waals surface area (Å²) >= 11 is 0. The molecule has 1 saturated carbocycles. The van der Waals surface area contributed by atoms with Crippen molar-refractivity contribution in [3.8, 4) is 0 Å². The second kappa shape index (κ2) is 5.50. The molecule has 2 atom stereocenters. The van der Waals surface area contributed by atoms with Gasteiger partial charge in [-0.3, -0.25) is 4.90 Å². The first-order valence-corrected chi connectivity index (χ1v) is 7.16. The molecule has 1 aliphatic heterocycles. The Morgan fingerprint density at radius 3 is 2.44 bits per heavy atom. The second-order valence-electron chi connectivity index (χ2n) is 6.17. The fourth-order valence-electron chi connectivity index (χ4n) is 3.43. The smallest absolute Gasteiger partial charge is 0.0198 e. The average molecular weight is 224 g/mol. The molecule has 1 N–H and O–H groups in total. The minimum atomic E-state index is 0.709. The first kappa shape index (κ1) is 12.4. The largest absolute Gasteiger partial charge is 0.312 e. The quantitative estimate of drug-likeness (QED) is 0.790. The third kappa shape index (κ3) is 2.98. The fourth-order valence-corrected chi connectivity index (χ4v) is 3.43. The Balaban J connectivity index is 1.87. The van der Waals surface area contributed by atoms with Crippen molar-refractivity contribution in [1.29, 1.82) is 0 Å².